The Balaban J connectivity index is 2.12. The summed E-state index contributed by atoms with van der Waals surface area (Å²) in [5.74, 6) is 0.671. The lowest BCUT2D eigenvalue weighted by atomic mass is 10.1. The number of benzene rings is 1. The van der Waals surface area contributed by atoms with E-state index >= 15 is 0 Å². The van der Waals surface area contributed by atoms with Crippen molar-refractivity contribution in [1.29, 1.82) is 5.26 Å². The minimum Gasteiger partial charge on any atom is -0.495 e. The van der Waals surface area contributed by atoms with Crippen LogP contribution in [-0.2, 0) is 6.54 Å². The summed E-state index contributed by atoms with van der Waals surface area (Å²) in [5, 5.41) is 8.88. The van der Waals surface area contributed by atoms with Gasteiger partial charge in [0, 0.05) is 12.6 Å². The van der Waals surface area contributed by atoms with E-state index in [-0.39, 0.29) is 0 Å². The molecule has 1 saturated carbocycles. The van der Waals surface area contributed by atoms with Crippen molar-refractivity contribution in [2.75, 3.05) is 14.2 Å². The fourth-order valence-electron chi connectivity index (χ4n) is 1.86. The third-order valence-electron chi connectivity index (χ3n) is 2.99. The second-order valence-electron chi connectivity index (χ2n) is 4.29. The molecule has 84 valence electrons. The summed E-state index contributed by atoms with van der Waals surface area (Å²) in [6.45, 7) is 0.923. The van der Waals surface area contributed by atoms with Crippen molar-refractivity contribution < 1.29 is 4.74 Å². The molecular formula is C13H16N2O. The highest BCUT2D eigenvalue weighted by Crippen LogP contribution is 2.27. The van der Waals surface area contributed by atoms with Crippen molar-refractivity contribution in [3.8, 4) is 11.8 Å². The Kier molecular flexibility index (Phi) is 3.12. The first kappa shape index (κ1) is 11.0. The molecule has 0 N–H and O–H groups in total. The van der Waals surface area contributed by atoms with Gasteiger partial charge in [-0.05, 0) is 37.6 Å². The van der Waals surface area contributed by atoms with Crippen molar-refractivity contribution in [2.45, 2.75) is 25.4 Å². The number of hydrogen-bond acceptors (Lipinski definition) is 3. The molecule has 0 amide bonds. The normalized spacial score (nSPS) is 14.9. The predicted octanol–water partition coefficient (Wildman–Crippen LogP) is 2.16. The molecule has 0 spiro atoms. The second kappa shape index (κ2) is 4.54. The van der Waals surface area contributed by atoms with E-state index in [1.165, 1.54) is 18.4 Å². The van der Waals surface area contributed by atoms with Gasteiger partial charge in [0.05, 0.1) is 12.7 Å². The monoisotopic (exact) mass is 216 g/mol. The maximum Gasteiger partial charge on any atom is 0.136 e. The topological polar surface area (TPSA) is 36.3 Å². The van der Waals surface area contributed by atoms with Crippen LogP contribution < -0.4 is 4.74 Å². The van der Waals surface area contributed by atoms with E-state index in [1.54, 1.807) is 7.11 Å². The van der Waals surface area contributed by atoms with Gasteiger partial charge in [-0.1, -0.05) is 6.07 Å². The van der Waals surface area contributed by atoms with E-state index in [0.29, 0.717) is 11.3 Å². The molecule has 2 rings (SSSR count). The Morgan fingerprint density at radius 1 is 1.50 bits per heavy atom. The van der Waals surface area contributed by atoms with E-state index in [0.717, 1.165) is 12.6 Å². The maximum absolute atomic E-state index is 8.88. The maximum atomic E-state index is 8.88. The van der Waals surface area contributed by atoms with Crippen LogP contribution in [0.25, 0.3) is 0 Å². The summed E-state index contributed by atoms with van der Waals surface area (Å²) in [5.41, 5.74) is 1.80. The molecule has 0 saturated heterocycles. The zero-order valence-corrected chi connectivity index (χ0v) is 9.73. The Hall–Kier alpha value is -1.53. The van der Waals surface area contributed by atoms with Gasteiger partial charge in [-0.25, -0.2) is 0 Å². The van der Waals surface area contributed by atoms with E-state index in [2.05, 4.69) is 18.0 Å². The highest BCUT2D eigenvalue weighted by Gasteiger charge is 2.25. The minimum atomic E-state index is 0.598. The standard InChI is InChI=1S/C13H16N2O/c1-15(12-5-6-12)9-10-3-4-11(8-14)13(7-10)16-2/h3-4,7,12H,5-6,9H2,1-2H3. The van der Waals surface area contributed by atoms with Gasteiger partial charge in [0.2, 0.25) is 0 Å². The van der Waals surface area contributed by atoms with Gasteiger partial charge < -0.3 is 4.74 Å². The van der Waals surface area contributed by atoms with Gasteiger partial charge in [0.15, 0.2) is 0 Å². The molecular weight excluding hydrogens is 200 g/mol. The van der Waals surface area contributed by atoms with Crippen LogP contribution >= 0.6 is 0 Å². The molecule has 0 radical (unpaired) electrons. The molecule has 1 fully saturated rings. The van der Waals surface area contributed by atoms with Crippen LogP contribution in [0.3, 0.4) is 0 Å². The minimum absolute atomic E-state index is 0.598. The Bertz CT molecular complexity index is 418. The number of hydrogen-bond donors (Lipinski definition) is 0. The Labute approximate surface area is 96.2 Å². The van der Waals surface area contributed by atoms with Gasteiger partial charge in [-0.2, -0.15) is 5.26 Å². The summed E-state index contributed by atoms with van der Waals surface area (Å²) in [6, 6.07) is 8.66. The van der Waals surface area contributed by atoms with Crippen LogP contribution in [0.1, 0.15) is 24.0 Å². The first-order valence-corrected chi connectivity index (χ1v) is 5.52. The van der Waals surface area contributed by atoms with Crippen molar-refractivity contribution in [1.82, 2.24) is 4.90 Å². The lowest BCUT2D eigenvalue weighted by molar-refractivity contribution is 0.315. The van der Waals surface area contributed by atoms with E-state index in [1.807, 2.05) is 18.2 Å². The van der Waals surface area contributed by atoms with Crippen molar-refractivity contribution in [3.63, 3.8) is 0 Å². The van der Waals surface area contributed by atoms with Crippen LogP contribution in [0.15, 0.2) is 18.2 Å². The van der Waals surface area contributed by atoms with Gasteiger partial charge >= 0.3 is 0 Å². The fourth-order valence-corrected chi connectivity index (χ4v) is 1.86. The molecule has 16 heavy (non-hydrogen) atoms. The zero-order chi connectivity index (χ0) is 11.5. The predicted molar refractivity (Wildman–Crippen MR) is 62.2 cm³/mol. The lowest BCUT2D eigenvalue weighted by Gasteiger charge is -2.16. The van der Waals surface area contributed by atoms with Gasteiger partial charge in [0.1, 0.15) is 11.8 Å². The second-order valence-corrected chi connectivity index (χ2v) is 4.29. The molecule has 0 unspecified atom stereocenters. The quantitative estimate of drug-likeness (QED) is 0.773. The van der Waals surface area contributed by atoms with Crippen molar-refractivity contribution in [3.05, 3.63) is 29.3 Å². The number of methoxy groups -OCH3 is 1. The SMILES string of the molecule is COc1cc(CN(C)C2CC2)ccc1C#N. The van der Waals surface area contributed by atoms with Crippen LogP contribution in [0, 0.1) is 11.3 Å². The third-order valence-corrected chi connectivity index (χ3v) is 2.99. The molecule has 1 aromatic rings. The van der Waals surface area contributed by atoms with Gasteiger partial charge in [-0.3, -0.25) is 4.90 Å². The highest BCUT2D eigenvalue weighted by atomic mass is 16.5. The largest absolute Gasteiger partial charge is 0.495 e. The number of nitrogens with zero attached hydrogens (tertiary/aromatic N) is 2. The lowest BCUT2D eigenvalue weighted by Crippen LogP contribution is -2.19. The molecule has 0 atom stereocenters. The smallest absolute Gasteiger partial charge is 0.136 e. The summed E-state index contributed by atoms with van der Waals surface area (Å²) in [7, 11) is 3.74. The number of nitriles is 1. The molecule has 1 aromatic carbocycles. The summed E-state index contributed by atoms with van der Waals surface area (Å²) < 4.78 is 5.19. The molecule has 0 bridgehead atoms. The Morgan fingerprint density at radius 3 is 2.81 bits per heavy atom. The molecule has 3 nitrogen and oxygen atoms in total. The van der Waals surface area contributed by atoms with Gasteiger partial charge in [-0.15, -0.1) is 0 Å². The molecule has 1 aliphatic rings. The Morgan fingerprint density at radius 2 is 2.25 bits per heavy atom. The first-order chi connectivity index (χ1) is 7.74. The van der Waals surface area contributed by atoms with E-state index in [4.69, 9.17) is 10.00 Å². The number of ether oxygens (including phenoxy) is 1. The van der Waals surface area contributed by atoms with Crippen LogP contribution in [-0.4, -0.2) is 25.1 Å². The van der Waals surface area contributed by atoms with Crippen molar-refractivity contribution >= 4 is 0 Å². The van der Waals surface area contributed by atoms with Crippen molar-refractivity contribution in [2.24, 2.45) is 0 Å². The fraction of sp³-hybridized carbons (Fsp3) is 0.462. The van der Waals surface area contributed by atoms with Crippen LogP contribution in [0.4, 0.5) is 0 Å². The summed E-state index contributed by atoms with van der Waals surface area (Å²) in [6.07, 6.45) is 2.62. The zero-order valence-electron chi connectivity index (χ0n) is 9.73. The average molecular weight is 216 g/mol. The van der Waals surface area contributed by atoms with E-state index in [9.17, 15) is 0 Å². The molecule has 1 aliphatic carbocycles. The first-order valence-electron chi connectivity index (χ1n) is 5.52. The average Bonchev–Trinajstić information content (AvgIpc) is 3.12. The number of rotatable bonds is 4. The molecule has 0 heterocycles. The highest BCUT2D eigenvalue weighted by molar-refractivity contribution is 5.45. The van der Waals surface area contributed by atoms with Crippen LogP contribution in [0.2, 0.25) is 0 Å². The summed E-state index contributed by atoms with van der Waals surface area (Å²) in [4.78, 5) is 2.35. The van der Waals surface area contributed by atoms with Crippen LogP contribution in [0.5, 0.6) is 5.75 Å². The molecule has 0 aromatic heterocycles. The van der Waals surface area contributed by atoms with E-state index < -0.39 is 0 Å². The summed E-state index contributed by atoms with van der Waals surface area (Å²) >= 11 is 0. The molecule has 3 heteroatoms. The molecule has 0 aliphatic heterocycles. The van der Waals surface area contributed by atoms with Gasteiger partial charge in [0.25, 0.3) is 0 Å². The third kappa shape index (κ3) is 2.34.